The number of aromatic nitrogens is 9. The molecule has 0 fully saturated rings. The summed E-state index contributed by atoms with van der Waals surface area (Å²) in [7, 11) is 12.3. The first kappa shape index (κ1) is 48.8. The summed E-state index contributed by atoms with van der Waals surface area (Å²) in [6.07, 6.45) is 9.60. The van der Waals surface area contributed by atoms with Gasteiger partial charge in [0.1, 0.15) is 38.2 Å². The molecule has 0 aliphatic rings. The van der Waals surface area contributed by atoms with Gasteiger partial charge in [-0.2, -0.15) is 29.0 Å². The van der Waals surface area contributed by atoms with Crippen LogP contribution in [0.15, 0.2) is 108 Å². The average Bonchev–Trinajstić information content (AvgIpc) is 4.08. The maximum atomic E-state index is 4.53. The van der Waals surface area contributed by atoms with E-state index < -0.39 is 0 Å². The summed E-state index contributed by atoms with van der Waals surface area (Å²) < 4.78 is 13.7. The van der Waals surface area contributed by atoms with Gasteiger partial charge in [-0.3, -0.25) is 14.0 Å². The van der Waals surface area contributed by atoms with Gasteiger partial charge in [-0.15, -0.1) is 34.4 Å². The number of thioether (sulfide) groups is 1. The average molecular weight is 925 g/mol. The number of rotatable bonds is 8. The Morgan fingerprint density at radius 3 is 1.51 bits per heavy atom. The van der Waals surface area contributed by atoms with Crippen molar-refractivity contribution in [3.05, 3.63) is 137 Å². The van der Waals surface area contributed by atoms with Crippen LogP contribution in [0.5, 0.6) is 0 Å². The lowest BCUT2D eigenvalue weighted by molar-refractivity contribution is -0.660. The molecule has 0 atom stereocenters. The SMILES string of the molecule is C.CSc1ccc(-c2cc[n+](C)c(-c3cc(C)nn3C)c2)s1.Cc1cc(-c2c3cc(CC(C)C)cc(C)c3cc[n+]2C)n(C)n1.Cc1cc(-c2cc(-c3ccc(C)s3)cc[n+]2C)n(C)n1. The molecule has 65 heavy (non-hydrogen) atoms. The normalized spacial score (nSPS) is 11.1. The van der Waals surface area contributed by atoms with Crippen LogP contribution in [-0.2, 0) is 48.7 Å². The van der Waals surface area contributed by atoms with Crippen LogP contribution in [0.4, 0.5) is 0 Å². The highest BCUT2D eigenvalue weighted by atomic mass is 32.2. The largest absolute Gasteiger partial charge is 0.262 e. The van der Waals surface area contributed by atoms with E-state index >= 15 is 0 Å². The van der Waals surface area contributed by atoms with E-state index in [4.69, 9.17) is 0 Å². The quantitative estimate of drug-likeness (QED) is 0.112. The fraction of sp³-hybridized carbons (Fsp3) is 0.321. The number of aryl methyl sites for hydroxylation is 11. The van der Waals surface area contributed by atoms with Gasteiger partial charge in [-0.1, -0.05) is 27.3 Å². The first-order valence-corrected chi connectivity index (χ1v) is 24.5. The molecule has 9 rings (SSSR count). The minimum atomic E-state index is 0. The summed E-state index contributed by atoms with van der Waals surface area (Å²) in [5.41, 5.74) is 15.4. The molecule has 338 valence electrons. The lowest BCUT2D eigenvalue weighted by Crippen LogP contribution is -2.31. The Bertz CT molecular complexity index is 3080. The van der Waals surface area contributed by atoms with Gasteiger partial charge in [0.05, 0.1) is 26.7 Å². The van der Waals surface area contributed by atoms with Crippen molar-refractivity contribution < 1.29 is 13.7 Å². The van der Waals surface area contributed by atoms with E-state index in [0.717, 1.165) is 40.6 Å². The molecule has 0 aliphatic heterocycles. The van der Waals surface area contributed by atoms with Crippen LogP contribution in [0.1, 0.15) is 54.4 Å². The van der Waals surface area contributed by atoms with Crippen molar-refractivity contribution in [3.8, 4) is 55.0 Å². The third kappa shape index (κ3) is 11.1. The maximum absolute atomic E-state index is 4.53. The fourth-order valence-electron chi connectivity index (χ4n) is 8.31. The summed E-state index contributed by atoms with van der Waals surface area (Å²) in [6, 6.07) is 30.9. The van der Waals surface area contributed by atoms with Gasteiger partial charge in [0.15, 0.2) is 18.6 Å². The van der Waals surface area contributed by atoms with Crippen LogP contribution in [-0.4, -0.2) is 35.6 Å². The van der Waals surface area contributed by atoms with Gasteiger partial charge in [0.2, 0.25) is 17.1 Å². The van der Waals surface area contributed by atoms with Crippen molar-refractivity contribution in [2.45, 2.75) is 66.5 Å². The van der Waals surface area contributed by atoms with E-state index in [-0.39, 0.29) is 7.43 Å². The third-order valence-electron chi connectivity index (χ3n) is 11.3. The predicted molar refractivity (Wildman–Crippen MR) is 274 cm³/mol. The van der Waals surface area contributed by atoms with Gasteiger partial charge < -0.3 is 0 Å². The van der Waals surface area contributed by atoms with E-state index in [1.165, 1.54) is 68.9 Å². The number of thiophene rings is 2. The van der Waals surface area contributed by atoms with E-state index in [1.54, 1.807) is 11.8 Å². The molecule has 0 spiro atoms. The minimum absolute atomic E-state index is 0. The Morgan fingerprint density at radius 1 is 0.569 bits per heavy atom. The summed E-state index contributed by atoms with van der Waals surface area (Å²) in [5, 5.41) is 16.1. The molecule has 0 saturated heterocycles. The van der Waals surface area contributed by atoms with E-state index in [9.17, 15) is 0 Å². The highest BCUT2D eigenvalue weighted by Gasteiger charge is 2.22. The summed E-state index contributed by atoms with van der Waals surface area (Å²) >= 11 is 5.46. The molecule has 1 aromatic carbocycles. The first-order valence-electron chi connectivity index (χ1n) is 21.6. The maximum Gasteiger partial charge on any atom is 0.238 e. The van der Waals surface area contributed by atoms with Crippen molar-refractivity contribution in [1.29, 1.82) is 0 Å². The zero-order valence-corrected chi connectivity index (χ0v) is 42.3. The fourth-order valence-corrected chi connectivity index (χ4v) is 10.7. The Morgan fingerprint density at radius 2 is 1.06 bits per heavy atom. The van der Waals surface area contributed by atoms with Gasteiger partial charge in [-0.25, -0.2) is 0 Å². The number of benzene rings is 1. The second-order valence-electron chi connectivity index (χ2n) is 17.2. The van der Waals surface area contributed by atoms with Gasteiger partial charge >= 0.3 is 0 Å². The Hall–Kier alpha value is -5.69. The molecule has 9 nitrogen and oxygen atoms in total. The van der Waals surface area contributed by atoms with E-state index in [1.807, 2.05) is 78.6 Å². The van der Waals surface area contributed by atoms with E-state index in [2.05, 4.69) is 188 Å². The Kier molecular flexibility index (Phi) is 15.5. The molecule has 12 heteroatoms. The summed E-state index contributed by atoms with van der Waals surface area (Å²) in [4.78, 5) is 3.95. The van der Waals surface area contributed by atoms with Crippen molar-refractivity contribution in [1.82, 2.24) is 29.3 Å². The third-order valence-corrected chi connectivity index (χ3v) is 14.6. The standard InChI is InChI=1S/C20H26N3.C16H18N3S2.C16H18N3S.CH4/c1-13(2)9-16-10-14(3)17-7-8-22(5)20(18(17)12-16)19-11-15(4)21-23(19)6;1-11-9-14(19(3)17-11)13-10-12(7-8-18(13)2)15-5-6-16(20-4)21-15;1-11-9-15(19(4)17-11)14-10-13(7-8-18(14)3)16-6-5-12(2)20-16;/h7-8,10-13H,9H2,1-6H3;5-10H,1-4H3;5-10H,1-4H3;1H4/q3*+1;. The minimum Gasteiger partial charge on any atom is -0.262 e. The molecular weight excluding hydrogens is 859 g/mol. The predicted octanol–water partition coefficient (Wildman–Crippen LogP) is 11.4. The lowest BCUT2D eigenvalue weighted by atomic mass is 9.95. The highest BCUT2D eigenvalue weighted by molar-refractivity contribution is 8.00. The molecule has 0 aliphatic carbocycles. The summed E-state index contributed by atoms with van der Waals surface area (Å²) in [6.45, 7) is 15.0. The Labute approximate surface area is 398 Å². The second kappa shape index (κ2) is 20.6. The van der Waals surface area contributed by atoms with Gasteiger partial charge in [-0.05, 0) is 118 Å². The number of hydrogen-bond acceptors (Lipinski definition) is 6. The van der Waals surface area contributed by atoms with Crippen molar-refractivity contribution >= 4 is 45.2 Å². The van der Waals surface area contributed by atoms with Crippen LogP contribution < -0.4 is 13.7 Å². The topological polar surface area (TPSA) is 65.1 Å². The molecule has 8 aromatic heterocycles. The first-order chi connectivity index (χ1) is 30.5. The van der Waals surface area contributed by atoms with Crippen molar-refractivity contribution in [2.24, 2.45) is 48.2 Å². The van der Waals surface area contributed by atoms with Crippen LogP contribution in [0.3, 0.4) is 0 Å². The van der Waals surface area contributed by atoms with E-state index in [0.29, 0.717) is 5.92 Å². The molecule has 0 saturated carbocycles. The number of nitrogens with zero attached hydrogens (tertiary/aromatic N) is 9. The lowest BCUT2D eigenvalue weighted by Gasteiger charge is -2.11. The molecule has 0 bridgehead atoms. The highest BCUT2D eigenvalue weighted by Crippen LogP contribution is 2.34. The molecule has 8 heterocycles. The van der Waals surface area contributed by atoms with Crippen LogP contribution in [0.25, 0.3) is 65.8 Å². The number of fused-ring (bicyclic) bond motifs is 1. The van der Waals surface area contributed by atoms with Gasteiger partial charge in [0.25, 0.3) is 0 Å². The smallest absolute Gasteiger partial charge is 0.238 e. The number of hydrogen-bond donors (Lipinski definition) is 0. The Balaban J connectivity index is 0.000000161. The van der Waals surface area contributed by atoms with Crippen molar-refractivity contribution in [3.63, 3.8) is 0 Å². The monoisotopic (exact) mass is 924 g/mol. The molecule has 0 N–H and O–H groups in total. The molecule has 0 unspecified atom stereocenters. The van der Waals surface area contributed by atoms with Crippen LogP contribution in [0.2, 0.25) is 0 Å². The summed E-state index contributed by atoms with van der Waals surface area (Å²) in [5.74, 6) is 0.659. The molecule has 9 aromatic rings. The molecule has 0 amide bonds. The van der Waals surface area contributed by atoms with Crippen molar-refractivity contribution in [2.75, 3.05) is 6.26 Å². The zero-order chi connectivity index (χ0) is 46.0. The zero-order valence-electron chi connectivity index (χ0n) is 39.8. The molecular formula is C53H66N9S3+3. The number of pyridine rings is 3. The second-order valence-corrected chi connectivity index (χ2v) is 20.7. The van der Waals surface area contributed by atoms with Crippen LogP contribution in [0, 0.1) is 40.5 Å². The van der Waals surface area contributed by atoms with Gasteiger partial charge in [0, 0.05) is 77.2 Å². The van der Waals surface area contributed by atoms with Crippen LogP contribution >= 0.6 is 34.4 Å². The molecule has 0 radical (unpaired) electrons.